The van der Waals surface area contributed by atoms with Gasteiger partial charge in [-0.2, -0.15) is 0 Å². The summed E-state index contributed by atoms with van der Waals surface area (Å²) in [6.45, 7) is 3.91. The summed E-state index contributed by atoms with van der Waals surface area (Å²) >= 11 is 3.53. The van der Waals surface area contributed by atoms with Crippen molar-refractivity contribution in [3.8, 4) is 0 Å². The maximum atomic E-state index is 4.66. The lowest BCUT2D eigenvalue weighted by atomic mass is 10.2. The lowest BCUT2D eigenvalue weighted by Crippen LogP contribution is -2.42. The Hall–Kier alpha value is -0.750. The molecule has 0 atom stereocenters. The lowest BCUT2D eigenvalue weighted by molar-refractivity contribution is 0.613. The van der Waals surface area contributed by atoms with Gasteiger partial charge in [0.2, 0.25) is 0 Å². The van der Waals surface area contributed by atoms with Crippen LogP contribution < -0.4 is 10.6 Å². The van der Waals surface area contributed by atoms with Crippen LogP contribution in [0.4, 0.5) is 0 Å². The summed E-state index contributed by atoms with van der Waals surface area (Å²) in [7, 11) is 0. The van der Waals surface area contributed by atoms with Gasteiger partial charge in [-0.25, -0.2) is 4.98 Å². The van der Waals surface area contributed by atoms with Gasteiger partial charge in [-0.1, -0.05) is 24.6 Å². The number of thiazole rings is 1. The van der Waals surface area contributed by atoms with Gasteiger partial charge < -0.3 is 10.6 Å². The molecular weight excluding hydrogens is 288 g/mol. The average molecular weight is 313 g/mol. The van der Waals surface area contributed by atoms with Gasteiger partial charge in [0.1, 0.15) is 4.34 Å². The van der Waals surface area contributed by atoms with E-state index in [1.165, 1.54) is 25.7 Å². The molecule has 0 bridgehead atoms. The third-order valence-electron chi connectivity index (χ3n) is 3.25. The Balaban J connectivity index is 1.65. The van der Waals surface area contributed by atoms with Crippen molar-refractivity contribution in [1.29, 1.82) is 0 Å². The molecular formula is C14H24N4S2. The second kappa shape index (κ2) is 9.23. The first-order valence-electron chi connectivity index (χ1n) is 7.45. The minimum absolute atomic E-state index is 0.623. The normalized spacial score (nSPS) is 16.6. The molecule has 0 amide bonds. The van der Waals surface area contributed by atoms with Crippen LogP contribution in [0, 0.1) is 0 Å². The summed E-state index contributed by atoms with van der Waals surface area (Å²) < 4.78 is 1.16. The van der Waals surface area contributed by atoms with E-state index in [4.69, 9.17) is 0 Å². The van der Waals surface area contributed by atoms with E-state index in [0.717, 1.165) is 35.6 Å². The fourth-order valence-electron chi connectivity index (χ4n) is 2.28. The molecule has 112 valence electrons. The van der Waals surface area contributed by atoms with Crippen molar-refractivity contribution < 1.29 is 0 Å². The molecule has 2 N–H and O–H groups in total. The molecule has 20 heavy (non-hydrogen) atoms. The maximum Gasteiger partial charge on any atom is 0.191 e. The van der Waals surface area contributed by atoms with Gasteiger partial charge in [0.15, 0.2) is 5.96 Å². The summed E-state index contributed by atoms with van der Waals surface area (Å²) in [5.41, 5.74) is 0. The highest BCUT2D eigenvalue weighted by atomic mass is 32.2. The quantitative estimate of drug-likeness (QED) is 0.351. The second-order valence-corrected chi connectivity index (χ2v) is 7.12. The molecule has 0 aromatic carbocycles. The molecule has 0 spiro atoms. The van der Waals surface area contributed by atoms with Crippen LogP contribution in [-0.2, 0) is 0 Å². The molecule has 1 aromatic heterocycles. The average Bonchev–Trinajstić information content (AvgIpc) is 3.11. The van der Waals surface area contributed by atoms with Crippen LogP contribution >= 0.6 is 23.1 Å². The van der Waals surface area contributed by atoms with E-state index < -0.39 is 0 Å². The maximum absolute atomic E-state index is 4.66. The molecule has 1 heterocycles. The van der Waals surface area contributed by atoms with Crippen LogP contribution in [0.5, 0.6) is 0 Å². The van der Waals surface area contributed by atoms with E-state index in [9.17, 15) is 0 Å². The first-order valence-corrected chi connectivity index (χ1v) is 9.32. The van der Waals surface area contributed by atoms with Crippen molar-refractivity contribution in [2.45, 2.75) is 49.4 Å². The van der Waals surface area contributed by atoms with Gasteiger partial charge in [0.25, 0.3) is 0 Å². The molecule has 4 nitrogen and oxygen atoms in total. The van der Waals surface area contributed by atoms with Crippen LogP contribution in [0.1, 0.15) is 39.0 Å². The first kappa shape index (κ1) is 15.6. The van der Waals surface area contributed by atoms with Crippen LogP contribution in [-0.4, -0.2) is 35.8 Å². The Bertz CT molecular complexity index is 386. The van der Waals surface area contributed by atoms with Crippen LogP contribution in [0.3, 0.4) is 0 Å². The van der Waals surface area contributed by atoms with E-state index in [1.807, 2.05) is 23.3 Å². The number of rotatable bonds is 7. The summed E-state index contributed by atoms with van der Waals surface area (Å²) in [5, 5.41) is 8.90. The molecule has 1 aliphatic carbocycles. The smallest absolute Gasteiger partial charge is 0.191 e. The van der Waals surface area contributed by atoms with Crippen molar-refractivity contribution in [3.05, 3.63) is 11.6 Å². The summed E-state index contributed by atoms with van der Waals surface area (Å²) in [6.07, 6.45) is 8.21. The van der Waals surface area contributed by atoms with Crippen molar-refractivity contribution in [1.82, 2.24) is 15.6 Å². The van der Waals surface area contributed by atoms with Gasteiger partial charge in [0, 0.05) is 36.5 Å². The van der Waals surface area contributed by atoms with Gasteiger partial charge in [-0.15, -0.1) is 11.3 Å². The van der Waals surface area contributed by atoms with Crippen molar-refractivity contribution in [2.24, 2.45) is 4.99 Å². The molecule has 1 saturated carbocycles. The number of nitrogens with one attached hydrogen (secondary N) is 2. The van der Waals surface area contributed by atoms with Crippen molar-refractivity contribution in [2.75, 3.05) is 18.8 Å². The number of nitrogens with zero attached hydrogens (tertiary/aromatic N) is 2. The number of hydrogen-bond donors (Lipinski definition) is 2. The van der Waals surface area contributed by atoms with E-state index in [1.54, 1.807) is 11.3 Å². The zero-order chi connectivity index (χ0) is 14.0. The van der Waals surface area contributed by atoms with E-state index in [0.29, 0.717) is 6.04 Å². The van der Waals surface area contributed by atoms with Crippen LogP contribution in [0.15, 0.2) is 20.9 Å². The topological polar surface area (TPSA) is 49.3 Å². The van der Waals surface area contributed by atoms with E-state index in [-0.39, 0.29) is 0 Å². The molecule has 1 fully saturated rings. The van der Waals surface area contributed by atoms with Crippen LogP contribution in [0.25, 0.3) is 0 Å². The molecule has 2 rings (SSSR count). The largest absolute Gasteiger partial charge is 0.357 e. The Kier molecular flexibility index (Phi) is 7.22. The molecule has 6 heteroatoms. The van der Waals surface area contributed by atoms with Crippen molar-refractivity contribution in [3.63, 3.8) is 0 Å². The zero-order valence-electron chi connectivity index (χ0n) is 12.1. The van der Waals surface area contributed by atoms with E-state index in [2.05, 4.69) is 27.5 Å². The standard InChI is InChI=1S/C14H24N4S2/c1-2-15-13(18-12-6-3-4-7-12)16-8-5-10-19-14-17-9-11-20-14/h9,11-12H,2-8,10H2,1H3,(H2,15,16,18). The predicted octanol–water partition coefficient (Wildman–Crippen LogP) is 3.12. The Morgan fingerprint density at radius 1 is 1.50 bits per heavy atom. The summed E-state index contributed by atoms with van der Waals surface area (Å²) in [6, 6.07) is 0.623. The van der Waals surface area contributed by atoms with Crippen LogP contribution in [0.2, 0.25) is 0 Å². The molecule has 0 radical (unpaired) electrons. The highest BCUT2D eigenvalue weighted by molar-refractivity contribution is 8.00. The molecule has 0 unspecified atom stereocenters. The fourth-order valence-corrected chi connectivity index (χ4v) is 3.91. The third kappa shape index (κ3) is 5.71. The minimum Gasteiger partial charge on any atom is -0.357 e. The summed E-state index contributed by atoms with van der Waals surface area (Å²) in [5.74, 6) is 2.07. The Morgan fingerprint density at radius 2 is 2.35 bits per heavy atom. The van der Waals surface area contributed by atoms with Crippen molar-refractivity contribution >= 4 is 29.1 Å². The number of aromatic nitrogens is 1. The molecule has 0 saturated heterocycles. The highest BCUT2D eigenvalue weighted by Crippen LogP contribution is 2.20. The number of guanidine groups is 1. The number of hydrogen-bond acceptors (Lipinski definition) is 4. The highest BCUT2D eigenvalue weighted by Gasteiger charge is 2.15. The van der Waals surface area contributed by atoms with Gasteiger partial charge >= 0.3 is 0 Å². The van der Waals surface area contributed by atoms with E-state index >= 15 is 0 Å². The Morgan fingerprint density at radius 3 is 3.05 bits per heavy atom. The monoisotopic (exact) mass is 312 g/mol. The number of thioether (sulfide) groups is 1. The van der Waals surface area contributed by atoms with Gasteiger partial charge in [-0.3, -0.25) is 4.99 Å². The van der Waals surface area contributed by atoms with Gasteiger partial charge in [-0.05, 0) is 26.2 Å². The molecule has 0 aliphatic heterocycles. The second-order valence-electron chi connectivity index (χ2n) is 4.89. The Labute approximate surface area is 129 Å². The minimum atomic E-state index is 0.623. The third-order valence-corrected chi connectivity index (χ3v) is 5.30. The predicted molar refractivity (Wildman–Crippen MR) is 88.8 cm³/mol. The van der Waals surface area contributed by atoms with Gasteiger partial charge in [0.05, 0.1) is 0 Å². The first-order chi connectivity index (χ1) is 9.88. The molecule has 1 aliphatic rings. The SMILES string of the molecule is CCNC(=NCCCSc1nccs1)NC1CCCC1. The molecule has 1 aromatic rings. The zero-order valence-corrected chi connectivity index (χ0v) is 13.7. The fraction of sp³-hybridized carbons (Fsp3) is 0.714. The summed E-state index contributed by atoms with van der Waals surface area (Å²) in [4.78, 5) is 8.93. The lowest BCUT2D eigenvalue weighted by Gasteiger charge is -2.16. The number of aliphatic imine (C=N–C) groups is 1.